The Labute approximate surface area is 120 Å². The van der Waals surface area contributed by atoms with E-state index in [1.807, 2.05) is 6.20 Å². The van der Waals surface area contributed by atoms with Crippen LogP contribution in [0.2, 0.25) is 0 Å². The summed E-state index contributed by atoms with van der Waals surface area (Å²) in [7, 11) is 1.69. The van der Waals surface area contributed by atoms with Gasteiger partial charge in [0.25, 0.3) is 0 Å². The van der Waals surface area contributed by atoms with Crippen molar-refractivity contribution in [3.8, 4) is 0 Å². The highest BCUT2D eigenvalue weighted by Gasteiger charge is 2.05. The summed E-state index contributed by atoms with van der Waals surface area (Å²) in [6.45, 7) is 4.28. The Morgan fingerprint density at radius 3 is 2.90 bits per heavy atom. The van der Waals surface area contributed by atoms with Crippen molar-refractivity contribution in [3.05, 3.63) is 53.2 Å². The number of nitrogens with one attached hydrogen (secondary N) is 1. The Morgan fingerprint density at radius 1 is 1.25 bits per heavy atom. The van der Waals surface area contributed by atoms with E-state index in [0.717, 1.165) is 31.0 Å². The maximum absolute atomic E-state index is 5.71. The number of methoxy groups -OCH3 is 1. The summed E-state index contributed by atoms with van der Waals surface area (Å²) < 4.78 is 10.7. The van der Waals surface area contributed by atoms with Crippen LogP contribution in [0.4, 0.5) is 0 Å². The highest BCUT2D eigenvalue weighted by molar-refractivity contribution is 5.26. The molecule has 0 saturated heterocycles. The quantitative estimate of drug-likeness (QED) is 0.751. The van der Waals surface area contributed by atoms with Crippen molar-refractivity contribution in [1.29, 1.82) is 0 Å². The summed E-state index contributed by atoms with van der Waals surface area (Å²) >= 11 is 0. The van der Waals surface area contributed by atoms with Crippen molar-refractivity contribution in [1.82, 2.24) is 10.3 Å². The number of aryl methyl sites for hydroxylation is 3. The highest BCUT2D eigenvalue weighted by Crippen LogP contribution is 2.12. The van der Waals surface area contributed by atoms with Gasteiger partial charge in [-0.15, -0.1) is 0 Å². The van der Waals surface area contributed by atoms with Crippen molar-refractivity contribution in [2.45, 2.75) is 26.3 Å². The molecule has 4 heteroatoms. The van der Waals surface area contributed by atoms with E-state index < -0.39 is 0 Å². The predicted octanol–water partition coefficient (Wildman–Crippen LogP) is 2.50. The van der Waals surface area contributed by atoms with Gasteiger partial charge in [-0.1, -0.05) is 24.3 Å². The number of oxazole rings is 1. The van der Waals surface area contributed by atoms with Crippen molar-refractivity contribution < 1.29 is 9.15 Å². The van der Waals surface area contributed by atoms with Crippen LogP contribution < -0.4 is 5.32 Å². The molecule has 2 aromatic rings. The third kappa shape index (κ3) is 4.47. The molecule has 0 unspecified atom stereocenters. The smallest absolute Gasteiger partial charge is 0.208 e. The maximum Gasteiger partial charge on any atom is 0.208 e. The molecule has 1 aromatic carbocycles. The van der Waals surface area contributed by atoms with E-state index in [1.54, 1.807) is 7.11 Å². The van der Waals surface area contributed by atoms with Crippen molar-refractivity contribution >= 4 is 0 Å². The summed E-state index contributed by atoms with van der Waals surface area (Å²) in [5.74, 6) is 1.68. The summed E-state index contributed by atoms with van der Waals surface area (Å²) in [6.07, 6.45) is 3.69. The summed E-state index contributed by atoms with van der Waals surface area (Å²) in [5.41, 5.74) is 2.69. The number of hydrogen-bond acceptors (Lipinski definition) is 4. The second-order valence-corrected chi connectivity index (χ2v) is 4.82. The SMILES string of the molecule is COCCNCc1ncc(CCc2ccccc2C)o1. The van der Waals surface area contributed by atoms with E-state index in [0.29, 0.717) is 13.2 Å². The molecule has 0 fully saturated rings. The lowest BCUT2D eigenvalue weighted by atomic mass is 10.0. The number of rotatable bonds is 8. The first-order valence-electron chi connectivity index (χ1n) is 6.97. The number of nitrogens with zero attached hydrogens (tertiary/aromatic N) is 1. The topological polar surface area (TPSA) is 47.3 Å². The van der Waals surface area contributed by atoms with Gasteiger partial charge in [0.05, 0.1) is 19.3 Å². The van der Waals surface area contributed by atoms with Crippen LogP contribution in [-0.2, 0) is 24.1 Å². The summed E-state index contributed by atoms with van der Waals surface area (Å²) in [5, 5.41) is 3.22. The second-order valence-electron chi connectivity index (χ2n) is 4.82. The molecule has 0 amide bonds. The first-order valence-corrected chi connectivity index (χ1v) is 6.97. The Hall–Kier alpha value is -1.65. The molecule has 2 rings (SSSR count). The first kappa shape index (κ1) is 14.8. The van der Waals surface area contributed by atoms with Crippen molar-refractivity contribution in [2.24, 2.45) is 0 Å². The van der Waals surface area contributed by atoms with Gasteiger partial charge in [-0.2, -0.15) is 0 Å². The van der Waals surface area contributed by atoms with Gasteiger partial charge in [0, 0.05) is 20.1 Å². The molecule has 0 radical (unpaired) electrons. The molecule has 0 saturated carbocycles. The van der Waals surface area contributed by atoms with Crippen LogP contribution in [0, 0.1) is 6.92 Å². The lowest BCUT2D eigenvalue weighted by Crippen LogP contribution is -2.18. The fourth-order valence-electron chi connectivity index (χ4n) is 2.06. The van der Waals surface area contributed by atoms with E-state index >= 15 is 0 Å². The minimum Gasteiger partial charge on any atom is -0.444 e. The summed E-state index contributed by atoms with van der Waals surface area (Å²) in [6, 6.07) is 8.45. The zero-order chi connectivity index (χ0) is 14.2. The van der Waals surface area contributed by atoms with Gasteiger partial charge in [-0.3, -0.25) is 0 Å². The van der Waals surface area contributed by atoms with Crippen LogP contribution in [0.1, 0.15) is 22.8 Å². The number of hydrogen-bond donors (Lipinski definition) is 1. The molecule has 0 aliphatic carbocycles. The molecule has 1 heterocycles. The minimum absolute atomic E-state index is 0.647. The third-order valence-corrected chi connectivity index (χ3v) is 3.26. The maximum atomic E-state index is 5.71. The lowest BCUT2D eigenvalue weighted by molar-refractivity contribution is 0.198. The van der Waals surface area contributed by atoms with Gasteiger partial charge in [0.1, 0.15) is 5.76 Å². The Balaban J connectivity index is 1.79. The zero-order valence-electron chi connectivity index (χ0n) is 12.2. The molecule has 0 bridgehead atoms. The van der Waals surface area contributed by atoms with E-state index in [9.17, 15) is 0 Å². The van der Waals surface area contributed by atoms with Crippen LogP contribution in [0.25, 0.3) is 0 Å². The second kappa shape index (κ2) is 7.82. The largest absolute Gasteiger partial charge is 0.444 e. The molecule has 0 atom stereocenters. The molecule has 0 spiro atoms. The molecule has 4 nitrogen and oxygen atoms in total. The molecular formula is C16H22N2O2. The van der Waals surface area contributed by atoms with Crippen LogP contribution in [-0.4, -0.2) is 25.2 Å². The normalized spacial score (nSPS) is 10.9. The zero-order valence-corrected chi connectivity index (χ0v) is 12.2. The number of benzene rings is 1. The van der Waals surface area contributed by atoms with E-state index in [1.165, 1.54) is 11.1 Å². The van der Waals surface area contributed by atoms with Crippen LogP contribution in [0.3, 0.4) is 0 Å². The van der Waals surface area contributed by atoms with E-state index in [2.05, 4.69) is 41.5 Å². The number of aromatic nitrogens is 1. The standard InChI is InChI=1S/C16H22N2O2/c1-13-5-3-4-6-14(13)7-8-15-11-18-16(20-15)12-17-9-10-19-2/h3-6,11,17H,7-10,12H2,1-2H3. The Kier molecular flexibility index (Phi) is 5.77. The van der Waals surface area contributed by atoms with Crippen LogP contribution in [0.15, 0.2) is 34.9 Å². The lowest BCUT2D eigenvalue weighted by Gasteiger charge is -2.03. The van der Waals surface area contributed by atoms with Gasteiger partial charge >= 0.3 is 0 Å². The van der Waals surface area contributed by atoms with Gasteiger partial charge in [0.15, 0.2) is 0 Å². The fraction of sp³-hybridized carbons (Fsp3) is 0.438. The molecule has 108 valence electrons. The minimum atomic E-state index is 0.647. The predicted molar refractivity (Wildman–Crippen MR) is 78.7 cm³/mol. The van der Waals surface area contributed by atoms with Gasteiger partial charge in [-0.05, 0) is 24.5 Å². The summed E-state index contributed by atoms with van der Waals surface area (Å²) in [4.78, 5) is 4.28. The third-order valence-electron chi connectivity index (χ3n) is 3.26. The van der Waals surface area contributed by atoms with Gasteiger partial charge in [0.2, 0.25) is 5.89 Å². The van der Waals surface area contributed by atoms with Gasteiger partial charge in [-0.25, -0.2) is 4.98 Å². The highest BCUT2D eigenvalue weighted by atomic mass is 16.5. The molecule has 0 aliphatic rings. The first-order chi connectivity index (χ1) is 9.79. The molecule has 0 aliphatic heterocycles. The Bertz CT molecular complexity index is 523. The van der Waals surface area contributed by atoms with E-state index in [4.69, 9.17) is 9.15 Å². The average Bonchev–Trinajstić information content (AvgIpc) is 2.91. The molecule has 1 N–H and O–H groups in total. The molecule has 20 heavy (non-hydrogen) atoms. The number of ether oxygens (including phenoxy) is 1. The van der Waals surface area contributed by atoms with Crippen LogP contribution in [0.5, 0.6) is 0 Å². The van der Waals surface area contributed by atoms with E-state index in [-0.39, 0.29) is 0 Å². The van der Waals surface area contributed by atoms with Crippen molar-refractivity contribution in [3.63, 3.8) is 0 Å². The molecular weight excluding hydrogens is 252 g/mol. The van der Waals surface area contributed by atoms with Gasteiger partial charge < -0.3 is 14.5 Å². The fourth-order valence-corrected chi connectivity index (χ4v) is 2.06. The molecule has 1 aromatic heterocycles. The average molecular weight is 274 g/mol. The monoisotopic (exact) mass is 274 g/mol. The van der Waals surface area contributed by atoms with Crippen molar-refractivity contribution in [2.75, 3.05) is 20.3 Å². The Morgan fingerprint density at radius 2 is 2.10 bits per heavy atom. The van der Waals surface area contributed by atoms with Crippen LogP contribution >= 0.6 is 0 Å².